The number of carboxylic acids is 1. The average Bonchev–Trinajstić information content (AvgIpc) is 2.62. The SMILES string of the molecule is Cc1ccc(Oc2cccc(CC(=O)O)c2)c(CSc2ccccc2)c1. The maximum absolute atomic E-state index is 10.9. The van der Waals surface area contributed by atoms with Gasteiger partial charge in [-0.15, -0.1) is 11.8 Å². The summed E-state index contributed by atoms with van der Waals surface area (Å²) in [7, 11) is 0. The van der Waals surface area contributed by atoms with E-state index in [9.17, 15) is 4.79 Å². The van der Waals surface area contributed by atoms with E-state index in [4.69, 9.17) is 9.84 Å². The van der Waals surface area contributed by atoms with Crippen molar-refractivity contribution in [3.63, 3.8) is 0 Å². The van der Waals surface area contributed by atoms with E-state index in [1.807, 2.05) is 42.5 Å². The van der Waals surface area contributed by atoms with Gasteiger partial charge >= 0.3 is 5.97 Å². The number of aryl methyl sites for hydroxylation is 1. The molecule has 3 nitrogen and oxygen atoms in total. The number of benzene rings is 3. The minimum atomic E-state index is -0.850. The smallest absolute Gasteiger partial charge is 0.307 e. The molecule has 0 aliphatic heterocycles. The predicted octanol–water partition coefficient (Wildman–Crippen LogP) is 5.71. The molecule has 0 bridgehead atoms. The Balaban J connectivity index is 1.78. The van der Waals surface area contributed by atoms with Crippen LogP contribution in [0.15, 0.2) is 77.7 Å². The van der Waals surface area contributed by atoms with Gasteiger partial charge in [-0.05, 0) is 42.8 Å². The molecule has 0 saturated carbocycles. The lowest BCUT2D eigenvalue weighted by molar-refractivity contribution is -0.136. The zero-order chi connectivity index (χ0) is 18.4. The molecule has 0 radical (unpaired) electrons. The summed E-state index contributed by atoms with van der Waals surface area (Å²) >= 11 is 1.76. The van der Waals surface area contributed by atoms with Gasteiger partial charge in [0.2, 0.25) is 0 Å². The van der Waals surface area contributed by atoms with Crippen molar-refractivity contribution in [3.05, 3.63) is 89.5 Å². The van der Waals surface area contributed by atoms with E-state index in [2.05, 4.69) is 25.1 Å². The Bertz CT molecular complexity index is 891. The Kier molecular flexibility index (Phi) is 5.97. The molecule has 0 atom stereocenters. The molecule has 4 heteroatoms. The summed E-state index contributed by atoms with van der Waals surface area (Å²) < 4.78 is 6.07. The van der Waals surface area contributed by atoms with E-state index < -0.39 is 5.97 Å². The lowest BCUT2D eigenvalue weighted by Gasteiger charge is -2.13. The van der Waals surface area contributed by atoms with Gasteiger partial charge in [0, 0.05) is 16.2 Å². The van der Waals surface area contributed by atoms with Crippen molar-refractivity contribution in [2.45, 2.75) is 24.0 Å². The van der Waals surface area contributed by atoms with Crippen LogP contribution in [0.1, 0.15) is 16.7 Å². The van der Waals surface area contributed by atoms with Crippen LogP contribution >= 0.6 is 11.8 Å². The van der Waals surface area contributed by atoms with Crippen LogP contribution in [0.25, 0.3) is 0 Å². The van der Waals surface area contributed by atoms with Gasteiger partial charge in [0.15, 0.2) is 0 Å². The molecular formula is C22H20O3S. The minimum Gasteiger partial charge on any atom is -0.481 e. The molecule has 3 aromatic rings. The van der Waals surface area contributed by atoms with Crippen molar-refractivity contribution in [3.8, 4) is 11.5 Å². The van der Waals surface area contributed by atoms with Crippen molar-refractivity contribution >= 4 is 17.7 Å². The van der Waals surface area contributed by atoms with Crippen LogP contribution in [0.5, 0.6) is 11.5 Å². The van der Waals surface area contributed by atoms with E-state index in [1.165, 1.54) is 10.5 Å². The van der Waals surface area contributed by atoms with Crippen LogP contribution in [-0.4, -0.2) is 11.1 Å². The van der Waals surface area contributed by atoms with Gasteiger partial charge in [-0.2, -0.15) is 0 Å². The first kappa shape index (κ1) is 18.1. The second-order valence-electron chi connectivity index (χ2n) is 6.03. The molecule has 1 N–H and O–H groups in total. The second kappa shape index (κ2) is 8.59. The Morgan fingerprint density at radius 1 is 1.00 bits per heavy atom. The summed E-state index contributed by atoms with van der Waals surface area (Å²) in [5.74, 6) is 1.40. The third-order valence-corrected chi connectivity index (χ3v) is 4.90. The molecule has 0 unspecified atom stereocenters. The minimum absolute atomic E-state index is 0.0121. The lowest BCUT2D eigenvalue weighted by atomic mass is 10.1. The van der Waals surface area contributed by atoms with E-state index in [-0.39, 0.29) is 6.42 Å². The topological polar surface area (TPSA) is 46.5 Å². The largest absolute Gasteiger partial charge is 0.481 e. The predicted molar refractivity (Wildman–Crippen MR) is 105 cm³/mol. The van der Waals surface area contributed by atoms with Crippen LogP contribution < -0.4 is 4.74 Å². The van der Waals surface area contributed by atoms with Crippen molar-refractivity contribution in [2.24, 2.45) is 0 Å². The summed E-state index contributed by atoms with van der Waals surface area (Å²) in [6.07, 6.45) is -0.0121. The van der Waals surface area contributed by atoms with Gasteiger partial charge in [-0.3, -0.25) is 4.79 Å². The zero-order valence-electron chi connectivity index (χ0n) is 14.5. The Hall–Kier alpha value is -2.72. The Morgan fingerprint density at radius 3 is 2.58 bits per heavy atom. The molecule has 26 heavy (non-hydrogen) atoms. The Labute approximate surface area is 157 Å². The number of hydrogen-bond donors (Lipinski definition) is 1. The highest BCUT2D eigenvalue weighted by Crippen LogP contribution is 2.32. The molecule has 0 fully saturated rings. The Morgan fingerprint density at radius 2 is 1.81 bits per heavy atom. The molecule has 132 valence electrons. The molecular weight excluding hydrogens is 344 g/mol. The van der Waals surface area contributed by atoms with Gasteiger partial charge < -0.3 is 9.84 Å². The number of carbonyl (C=O) groups is 1. The highest BCUT2D eigenvalue weighted by Gasteiger charge is 2.08. The zero-order valence-corrected chi connectivity index (χ0v) is 15.3. The van der Waals surface area contributed by atoms with Crippen molar-refractivity contribution in [1.82, 2.24) is 0 Å². The first-order chi connectivity index (χ1) is 12.6. The van der Waals surface area contributed by atoms with Crippen molar-refractivity contribution < 1.29 is 14.6 Å². The quantitative estimate of drug-likeness (QED) is 0.546. The third-order valence-electron chi connectivity index (χ3n) is 3.84. The van der Waals surface area contributed by atoms with Gasteiger partial charge in [0.1, 0.15) is 11.5 Å². The third kappa shape index (κ3) is 5.14. The standard InChI is InChI=1S/C22H20O3S/c1-16-10-11-21(18(12-16)15-26-20-8-3-2-4-9-20)25-19-7-5-6-17(13-19)14-22(23)24/h2-13H,14-15H2,1H3,(H,23,24). The van der Waals surface area contributed by atoms with Gasteiger partial charge in [-0.25, -0.2) is 0 Å². The maximum Gasteiger partial charge on any atom is 0.307 e. The van der Waals surface area contributed by atoms with Gasteiger partial charge in [0.25, 0.3) is 0 Å². The average molecular weight is 364 g/mol. The maximum atomic E-state index is 10.9. The summed E-state index contributed by atoms with van der Waals surface area (Å²) in [4.78, 5) is 12.1. The number of ether oxygens (including phenoxy) is 1. The van der Waals surface area contributed by atoms with E-state index >= 15 is 0 Å². The fourth-order valence-corrected chi connectivity index (χ4v) is 3.52. The van der Waals surface area contributed by atoms with Crippen LogP contribution in [0.3, 0.4) is 0 Å². The molecule has 0 spiro atoms. The van der Waals surface area contributed by atoms with Crippen molar-refractivity contribution in [1.29, 1.82) is 0 Å². The molecule has 0 aromatic heterocycles. The fourth-order valence-electron chi connectivity index (χ4n) is 2.62. The monoisotopic (exact) mass is 364 g/mol. The van der Waals surface area contributed by atoms with Crippen LogP contribution in [0.2, 0.25) is 0 Å². The first-order valence-electron chi connectivity index (χ1n) is 8.36. The van der Waals surface area contributed by atoms with Crippen molar-refractivity contribution in [2.75, 3.05) is 0 Å². The molecule has 3 aromatic carbocycles. The molecule has 3 rings (SSSR count). The number of thioether (sulfide) groups is 1. The highest BCUT2D eigenvalue weighted by atomic mass is 32.2. The fraction of sp³-hybridized carbons (Fsp3) is 0.136. The molecule has 0 aliphatic rings. The number of hydrogen-bond acceptors (Lipinski definition) is 3. The highest BCUT2D eigenvalue weighted by molar-refractivity contribution is 7.98. The molecule has 0 amide bonds. The number of aliphatic carboxylic acids is 1. The van der Waals surface area contributed by atoms with E-state index in [0.29, 0.717) is 5.75 Å². The molecule has 0 aliphatic carbocycles. The first-order valence-corrected chi connectivity index (χ1v) is 9.35. The second-order valence-corrected chi connectivity index (χ2v) is 7.08. The molecule has 0 heterocycles. The van der Waals surface area contributed by atoms with Gasteiger partial charge in [0.05, 0.1) is 6.42 Å². The lowest BCUT2D eigenvalue weighted by Crippen LogP contribution is -2.00. The molecule has 0 saturated heterocycles. The number of carboxylic acid groups (broad SMARTS) is 1. The number of rotatable bonds is 7. The summed E-state index contributed by atoms with van der Waals surface area (Å²) in [5.41, 5.74) is 3.02. The van der Waals surface area contributed by atoms with E-state index in [1.54, 1.807) is 23.9 Å². The van der Waals surface area contributed by atoms with Crippen LogP contribution in [0.4, 0.5) is 0 Å². The van der Waals surface area contributed by atoms with Crippen LogP contribution in [0, 0.1) is 6.92 Å². The van der Waals surface area contributed by atoms with Crippen LogP contribution in [-0.2, 0) is 17.0 Å². The summed E-state index contributed by atoms with van der Waals surface area (Å²) in [6, 6.07) is 23.6. The van der Waals surface area contributed by atoms with E-state index in [0.717, 1.165) is 22.6 Å². The van der Waals surface area contributed by atoms with Gasteiger partial charge in [-0.1, -0.05) is 48.0 Å². The summed E-state index contributed by atoms with van der Waals surface area (Å²) in [6.45, 7) is 2.06. The normalized spacial score (nSPS) is 10.5. The summed E-state index contributed by atoms with van der Waals surface area (Å²) in [5, 5.41) is 8.96.